The fourth-order valence-corrected chi connectivity index (χ4v) is 1.60. The zero-order valence-electron chi connectivity index (χ0n) is 11.6. The smallest absolute Gasteiger partial charge is 0.545 e. The van der Waals surface area contributed by atoms with Gasteiger partial charge in [0, 0.05) is 11.1 Å². The molecule has 0 saturated heterocycles. The third kappa shape index (κ3) is 5.88. The number of hydrogen-bond acceptors (Lipinski definition) is 4. The summed E-state index contributed by atoms with van der Waals surface area (Å²) >= 11 is 0. The molecule has 0 aliphatic carbocycles. The van der Waals surface area contributed by atoms with Gasteiger partial charge in [0.1, 0.15) is 0 Å². The number of rotatable bonds is 2. The molecule has 0 unspecified atom stereocenters. The Kier molecular flexibility index (Phi) is 8.18. The van der Waals surface area contributed by atoms with Crippen molar-refractivity contribution in [1.82, 2.24) is 0 Å². The van der Waals surface area contributed by atoms with Crippen molar-refractivity contribution in [3.8, 4) is 0 Å². The van der Waals surface area contributed by atoms with Crippen LogP contribution in [0.3, 0.4) is 0 Å². The molecule has 0 aliphatic heterocycles. The Bertz CT molecular complexity index is 568. The Morgan fingerprint density at radius 1 is 0.714 bits per heavy atom. The van der Waals surface area contributed by atoms with Crippen molar-refractivity contribution in [2.24, 2.45) is 0 Å². The molecule has 1 radical (unpaired) electrons. The van der Waals surface area contributed by atoms with Crippen molar-refractivity contribution < 1.29 is 39.3 Å². The topological polar surface area (TPSA) is 80.3 Å². The molecule has 21 heavy (non-hydrogen) atoms. The summed E-state index contributed by atoms with van der Waals surface area (Å²) in [5.41, 5.74) is 2.01. The maximum atomic E-state index is 10.3. The van der Waals surface area contributed by atoms with Crippen molar-refractivity contribution in [1.29, 1.82) is 0 Å². The van der Waals surface area contributed by atoms with Gasteiger partial charge in [0.25, 0.3) is 0 Å². The average Bonchev–Trinajstić information content (AvgIpc) is 2.40. The van der Waals surface area contributed by atoms with E-state index in [2.05, 4.69) is 0 Å². The van der Waals surface area contributed by atoms with E-state index in [1.54, 1.807) is 50.2 Å². The summed E-state index contributed by atoms with van der Waals surface area (Å²) in [5.74, 6) is -2.23. The van der Waals surface area contributed by atoms with Crippen LogP contribution >= 0.6 is 0 Å². The van der Waals surface area contributed by atoms with Crippen LogP contribution in [0.5, 0.6) is 0 Å². The van der Waals surface area contributed by atoms with Crippen LogP contribution in [0.15, 0.2) is 48.5 Å². The fraction of sp³-hybridized carbons (Fsp3) is 0.125. The monoisotopic (exact) mass is 373 g/mol. The third-order valence-electron chi connectivity index (χ3n) is 2.73. The standard InChI is InChI=1S/2C8H8O2.Rh/c2*1-6-4-2-3-5-7(6)8(9)10;/h2*2-5H,1H3,(H,9,10);/q;;+2/p-2. The predicted molar refractivity (Wildman–Crippen MR) is 71.0 cm³/mol. The van der Waals surface area contributed by atoms with Gasteiger partial charge in [-0.3, -0.25) is 0 Å². The Morgan fingerprint density at radius 3 is 1.19 bits per heavy atom. The van der Waals surface area contributed by atoms with Crippen LogP contribution in [0.4, 0.5) is 0 Å². The maximum Gasteiger partial charge on any atom is 2.00 e. The van der Waals surface area contributed by atoms with Gasteiger partial charge in [0.2, 0.25) is 0 Å². The van der Waals surface area contributed by atoms with Gasteiger partial charge in [-0.1, -0.05) is 48.5 Å². The number of aromatic carboxylic acids is 2. The summed E-state index contributed by atoms with van der Waals surface area (Å²) in [5, 5.41) is 20.6. The number of carboxylic acid groups (broad SMARTS) is 2. The molecule has 0 fully saturated rings. The second kappa shape index (κ2) is 9.03. The number of carbonyl (C=O) groups is 2. The van der Waals surface area contributed by atoms with Crippen LogP contribution in [-0.2, 0) is 19.5 Å². The van der Waals surface area contributed by atoms with Crippen LogP contribution in [0.1, 0.15) is 31.8 Å². The van der Waals surface area contributed by atoms with Crippen LogP contribution < -0.4 is 10.2 Å². The van der Waals surface area contributed by atoms with E-state index in [-0.39, 0.29) is 30.6 Å². The molecule has 2 aromatic carbocycles. The zero-order valence-corrected chi connectivity index (χ0v) is 13.2. The first-order chi connectivity index (χ1) is 9.43. The predicted octanol–water partition coefficient (Wildman–Crippen LogP) is 0.715. The van der Waals surface area contributed by atoms with E-state index < -0.39 is 11.9 Å². The quantitative estimate of drug-likeness (QED) is 0.727. The van der Waals surface area contributed by atoms with E-state index in [9.17, 15) is 19.8 Å². The molecule has 0 aliphatic rings. The van der Waals surface area contributed by atoms with E-state index >= 15 is 0 Å². The maximum absolute atomic E-state index is 10.3. The summed E-state index contributed by atoms with van der Waals surface area (Å²) in [6, 6.07) is 13.5. The summed E-state index contributed by atoms with van der Waals surface area (Å²) in [6.07, 6.45) is 0. The van der Waals surface area contributed by atoms with E-state index in [1.807, 2.05) is 0 Å². The first-order valence-electron chi connectivity index (χ1n) is 5.97. The molecule has 2 aromatic rings. The van der Waals surface area contributed by atoms with Crippen LogP contribution in [-0.4, -0.2) is 11.9 Å². The van der Waals surface area contributed by atoms with Gasteiger partial charge in [-0.05, 0) is 25.0 Å². The molecule has 0 N–H and O–H groups in total. The van der Waals surface area contributed by atoms with Gasteiger partial charge in [0.05, 0.1) is 11.9 Å². The number of carbonyl (C=O) groups excluding carboxylic acids is 2. The largest absolute Gasteiger partial charge is 2.00 e. The average molecular weight is 373 g/mol. The molecule has 0 saturated carbocycles. The van der Waals surface area contributed by atoms with E-state index in [0.29, 0.717) is 0 Å². The summed E-state index contributed by atoms with van der Waals surface area (Å²) in [4.78, 5) is 20.6. The summed E-state index contributed by atoms with van der Waals surface area (Å²) in [6.45, 7) is 3.48. The Hall–Kier alpha value is -2.00. The van der Waals surface area contributed by atoms with Crippen molar-refractivity contribution in [3.63, 3.8) is 0 Å². The third-order valence-corrected chi connectivity index (χ3v) is 2.73. The van der Waals surface area contributed by atoms with Crippen LogP contribution in [0.2, 0.25) is 0 Å². The fourth-order valence-electron chi connectivity index (χ4n) is 1.60. The van der Waals surface area contributed by atoms with Gasteiger partial charge in [-0.2, -0.15) is 0 Å². The van der Waals surface area contributed by atoms with Crippen molar-refractivity contribution in [3.05, 3.63) is 70.8 Å². The molecule has 111 valence electrons. The van der Waals surface area contributed by atoms with Gasteiger partial charge >= 0.3 is 19.5 Å². The molecule has 0 bridgehead atoms. The summed E-state index contributed by atoms with van der Waals surface area (Å²) in [7, 11) is 0. The molecule has 0 spiro atoms. The molecule has 0 aromatic heterocycles. The molecule has 4 nitrogen and oxygen atoms in total. The molecule has 0 heterocycles. The Morgan fingerprint density at radius 2 is 1.00 bits per heavy atom. The molecule has 5 heteroatoms. The van der Waals surface area contributed by atoms with E-state index in [4.69, 9.17) is 0 Å². The van der Waals surface area contributed by atoms with Crippen LogP contribution in [0, 0.1) is 13.8 Å². The first-order valence-corrected chi connectivity index (χ1v) is 5.97. The second-order valence-electron chi connectivity index (χ2n) is 4.20. The first kappa shape index (κ1) is 19.0. The van der Waals surface area contributed by atoms with Crippen LogP contribution in [0.25, 0.3) is 0 Å². The molecular formula is C16H14O4Rh. The molecule has 2 rings (SSSR count). The van der Waals surface area contributed by atoms with Crippen molar-refractivity contribution in [2.45, 2.75) is 13.8 Å². The Balaban J connectivity index is 0.000000364. The molecule has 0 amide bonds. The van der Waals surface area contributed by atoms with Crippen molar-refractivity contribution in [2.75, 3.05) is 0 Å². The minimum Gasteiger partial charge on any atom is -0.545 e. The van der Waals surface area contributed by atoms with Gasteiger partial charge in [0.15, 0.2) is 0 Å². The minimum absolute atomic E-state index is 0. The Labute approximate surface area is 136 Å². The molecule has 0 atom stereocenters. The number of benzene rings is 2. The SMILES string of the molecule is Cc1ccccc1C(=O)[O-].Cc1ccccc1C(=O)[O-].[Rh+2]. The van der Waals surface area contributed by atoms with Gasteiger partial charge in [-0.25, -0.2) is 0 Å². The normalized spacial score (nSPS) is 8.86. The number of hydrogen-bond donors (Lipinski definition) is 0. The van der Waals surface area contributed by atoms with Gasteiger partial charge in [-0.15, -0.1) is 0 Å². The van der Waals surface area contributed by atoms with Crippen molar-refractivity contribution >= 4 is 11.9 Å². The minimum atomic E-state index is -1.11. The number of carboxylic acids is 2. The summed E-state index contributed by atoms with van der Waals surface area (Å²) < 4.78 is 0. The van der Waals surface area contributed by atoms with Gasteiger partial charge < -0.3 is 19.8 Å². The van der Waals surface area contributed by atoms with E-state index in [1.165, 1.54) is 12.1 Å². The van der Waals surface area contributed by atoms with E-state index in [0.717, 1.165) is 11.1 Å². The number of aryl methyl sites for hydroxylation is 2. The molecular weight excluding hydrogens is 359 g/mol. The second-order valence-corrected chi connectivity index (χ2v) is 4.20. The zero-order chi connectivity index (χ0) is 15.1.